The van der Waals surface area contributed by atoms with Gasteiger partial charge in [-0.1, -0.05) is 0 Å². The summed E-state index contributed by atoms with van der Waals surface area (Å²) in [5.74, 6) is -0.678. The summed E-state index contributed by atoms with van der Waals surface area (Å²) < 4.78 is 18.1. The third kappa shape index (κ3) is 3.14. The highest BCUT2D eigenvalue weighted by molar-refractivity contribution is 7.15. The fourth-order valence-electron chi connectivity index (χ4n) is 1.68. The van der Waals surface area contributed by atoms with Crippen LogP contribution in [0.2, 0.25) is 0 Å². The van der Waals surface area contributed by atoms with Gasteiger partial charge >= 0.3 is 5.97 Å². The molecule has 0 aliphatic heterocycles. The van der Waals surface area contributed by atoms with E-state index in [-0.39, 0.29) is 5.82 Å². The number of halogens is 1. The van der Waals surface area contributed by atoms with Crippen LogP contribution in [0.1, 0.15) is 27.9 Å². The summed E-state index contributed by atoms with van der Waals surface area (Å²) in [5, 5.41) is 3.64. The van der Waals surface area contributed by atoms with Crippen LogP contribution in [-0.2, 0) is 4.74 Å². The van der Waals surface area contributed by atoms with Gasteiger partial charge in [-0.25, -0.2) is 14.2 Å². The normalized spacial score (nSPS) is 10.4. The van der Waals surface area contributed by atoms with Crippen LogP contribution in [0.4, 0.5) is 15.2 Å². The van der Waals surface area contributed by atoms with Gasteiger partial charge in [0.25, 0.3) is 0 Å². The van der Waals surface area contributed by atoms with Gasteiger partial charge in [-0.3, -0.25) is 0 Å². The van der Waals surface area contributed by atoms with E-state index in [1.807, 2.05) is 6.92 Å². The summed E-state index contributed by atoms with van der Waals surface area (Å²) >= 11 is 1.36. The number of benzene rings is 1. The minimum absolute atomic E-state index is 0.252. The smallest absolute Gasteiger partial charge is 0.358 e. The molecule has 0 bridgehead atoms. The van der Waals surface area contributed by atoms with Crippen LogP contribution >= 0.6 is 11.3 Å². The van der Waals surface area contributed by atoms with Crippen molar-refractivity contribution in [1.29, 1.82) is 0 Å². The second kappa shape index (κ2) is 6.00. The molecule has 0 amide bonds. The zero-order valence-corrected chi connectivity index (χ0v) is 12.3. The Hall–Kier alpha value is -1.95. The Bertz CT molecular complexity index is 640. The zero-order chi connectivity index (χ0) is 14.7. The molecule has 0 spiro atoms. The van der Waals surface area contributed by atoms with Crippen molar-refractivity contribution < 1.29 is 13.9 Å². The molecule has 1 heterocycles. The molecule has 0 aliphatic carbocycles. The number of hydrogen-bond acceptors (Lipinski definition) is 5. The largest absolute Gasteiger partial charge is 0.461 e. The number of nitrogens with zero attached hydrogens (tertiary/aromatic N) is 1. The molecule has 0 aliphatic rings. The van der Waals surface area contributed by atoms with E-state index in [4.69, 9.17) is 4.74 Å². The van der Waals surface area contributed by atoms with Crippen LogP contribution in [0.15, 0.2) is 18.2 Å². The lowest BCUT2D eigenvalue weighted by Gasteiger charge is -2.04. The third-order valence-electron chi connectivity index (χ3n) is 2.67. The van der Waals surface area contributed by atoms with E-state index in [1.165, 1.54) is 17.4 Å². The molecule has 0 unspecified atom stereocenters. The zero-order valence-electron chi connectivity index (χ0n) is 11.5. The van der Waals surface area contributed by atoms with Crippen molar-refractivity contribution >= 4 is 28.1 Å². The van der Waals surface area contributed by atoms with Gasteiger partial charge in [0.15, 0.2) is 10.8 Å². The average Bonchev–Trinajstić information content (AvgIpc) is 2.75. The first-order valence-electron chi connectivity index (χ1n) is 6.19. The van der Waals surface area contributed by atoms with E-state index in [2.05, 4.69) is 10.3 Å². The van der Waals surface area contributed by atoms with Crippen molar-refractivity contribution in [2.45, 2.75) is 20.8 Å². The van der Waals surface area contributed by atoms with Crippen LogP contribution in [0.25, 0.3) is 0 Å². The fraction of sp³-hybridized carbons (Fsp3) is 0.286. The first-order valence-corrected chi connectivity index (χ1v) is 7.00. The van der Waals surface area contributed by atoms with Crippen LogP contribution in [-0.4, -0.2) is 17.6 Å². The predicted molar refractivity (Wildman–Crippen MR) is 77.2 cm³/mol. The molecule has 2 rings (SSSR count). The quantitative estimate of drug-likeness (QED) is 0.871. The number of hydrogen-bond donors (Lipinski definition) is 1. The lowest BCUT2D eigenvalue weighted by atomic mass is 10.2. The Morgan fingerprint density at radius 2 is 2.20 bits per heavy atom. The number of ether oxygens (including phenoxy) is 1. The molecule has 0 saturated heterocycles. The summed E-state index contributed by atoms with van der Waals surface area (Å²) in [6, 6.07) is 4.71. The van der Waals surface area contributed by atoms with Gasteiger partial charge in [0.1, 0.15) is 5.82 Å². The van der Waals surface area contributed by atoms with E-state index in [1.54, 1.807) is 26.0 Å². The first kappa shape index (κ1) is 14.5. The average molecular weight is 294 g/mol. The predicted octanol–water partition coefficient (Wildman–Crippen LogP) is 3.82. The number of esters is 1. The molecule has 1 aromatic heterocycles. The van der Waals surface area contributed by atoms with E-state index in [9.17, 15) is 9.18 Å². The molecule has 0 saturated carbocycles. The molecular formula is C14H15FN2O2S. The van der Waals surface area contributed by atoms with Gasteiger partial charge < -0.3 is 10.1 Å². The van der Waals surface area contributed by atoms with Gasteiger partial charge in [0, 0.05) is 10.6 Å². The molecular weight excluding hydrogens is 279 g/mol. The maximum Gasteiger partial charge on any atom is 0.358 e. The van der Waals surface area contributed by atoms with Crippen LogP contribution < -0.4 is 5.32 Å². The lowest BCUT2D eigenvalue weighted by molar-refractivity contribution is 0.0519. The Morgan fingerprint density at radius 3 is 2.85 bits per heavy atom. The maximum absolute atomic E-state index is 13.2. The molecule has 0 radical (unpaired) electrons. The molecule has 2 aromatic rings. The van der Waals surface area contributed by atoms with Crippen molar-refractivity contribution in [3.05, 3.63) is 40.2 Å². The second-order valence-corrected chi connectivity index (χ2v) is 5.44. The van der Waals surface area contributed by atoms with Gasteiger partial charge in [-0.2, -0.15) is 0 Å². The van der Waals surface area contributed by atoms with Crippen LogP contribution in [0.3, 0.4) is 0 Å². The number of nitrogens with one attached hydrogen (secondary N) is 1. The minimum atomic E-state index is -0.426. The van der Waals surface area contributed by atoms with Gasteiger partial charge in [-0.15, -0.1) is 11.3 Å². The standard InChI is InChI=1S/C14H15FN2O2S/c1-4-19-13(18)12-9(3)20-14(17-12)16-10-5-6-11(15)8(2)7-10/h5-7H,4H2,1-3H3,(H,16,17). The summed E-state index contributed by atoms with van der Waals surface area (Å²) in [4.78, 5) is 16.7. The Morgan fingerprint density at radius 1 is 1.45 bits per heavy atom. The number of thiazole rings is 1. The number of aromatic nitrogens is 1. The third-order valence-corrected chi connectivity index (χ3v) is 3.56. The van der Waals surface area contributed by atoms with Crippen molar-refractivity contribution in [2.75, 3.05) is 11.9 Å². The van der Waals surface area contributed by atoms with Gasteiger partial charge in [0.2, 0.25) is 0 Å². The Kier molecular flexibility index (Phi) is 4.34. The molecule has 1 N–H and O–H groups in total. The topological polar surface area (TPSA) is 51.2 Å². The Balaban J connectivity index is 2.20. The summed E-state index contributed by atoms with van der Waals surface area (Å²) in [6.07, 6.45) is 0. The number of rotatable bonds is 4. The van der Waals surface area contributed by atoms with Gasteiger partial charge in [-0.05, 0) is 44.5 Å². The molecule has 0 atom stereocenters. The van der Waals surface area contributed by atoms with E-state index in [0.717, 1.165) is 10.6 Å². The van der Waals surface area contributed by atoms with Crippen LogP contribution in [0.5, 0.6) is 0 Å². The lowest BCUT2D eigenvalue weighted by Crippen LogP contribution is -2.06. The van der Waals surface area contributed by atoms with E-state index >= 15 is 0 Å². The maximum atomic E-state index is 13.2. The number of anilines is 2. The summed E-state index contributed by atoms with van der Waals surface area (Å²) in [7, 11) is 0. The highest BCUT2D eigenvalue weighted by atomic mass is 32.1. The Labute approximate surface area is 120 Å². The molecule has 106 valence electrons. The molecule has 20 heavy (non-hydrogen) atoms. The molecule has 4 nitrogen and oxygen atoms in total. The summed E-state index contributed by atoms with van der Waals surface area (Å²) in [6.45, 7) is 5.57. The number of aryl methyl sites for hydroxylation is 2. The fourth-order valence-corrected chi connectivity index (χ4v) is 2.51. The molecule has 0 fully saturated rings. The molecule has 6 heteroatoms. The van der Waals surface area contributed by atoms with E-state index in [0.29, 0.717) is 23.0 Å². The highest BCUT2D eigenvalue weighted by Crippen LogP contribution is 2.26. The minimum Gasteiger partial charge on any atom is -0.461 e. The van der Waals surface area contributed by atoms with Crippen LogP contribution in [0, 0.1) is 19.7 Å². The van der Waals surface area contributed by atoms with Crippen molar-refractivity contribution in [1.82, 2.24) is 4.98 Å². The SMILES string of the molecule is CCOC(=O)c1nc(Nc2ccc(F)c(C)c2)sc1C. The van der Waals surface area contributed by atoms with E-state index < -0.39 is 5.97 Å². The van der Waals surface area contributed by atoms with Gasteiger partial charge in [0.05, 0.1) is 6.61 Å². The highest BCUT2D eigenvalue weighted by Gasteiger charge is 2.16. The number of carbonyl (C=O) groups is 1. The van der Waals surface area contributed by atoms with Crippen molar-refractivity contribution in [3.8, 4) is 0 Å². The van der Waals surface area contributed by atoms with Crippen molar-refractivity contribution in [2.24, 2.45) is 0 Å². The monoisotopic (exact) mass is 294 g/mol. The second-order valence-electron chi connectivity index (χ2n) is 4.23. The number of carbonyl (C=O) groups excluding carboxylic acids is 1. The summed E-state index contributed by atoms with van der Waals surface area (Å²) in [5.41, 5.74) is 1.60. The molecule has 1 aromatic carbocycles. The first-order chi connectivity index (χ1) is 9.51. The van der Waals surface area contributed by atoms with Crippen molar-refractivity contribution in [3.63, 3.8) is 0 Å².